The highest BCUT2D eigenvalue weighted by molar-refractivity contribution is 7.14. The van der Waals surface area contributed by atoms with Crippen LogP contribution in [0.4, 0.5) is 5.13 Å². The van der Waals surface area contributed by atoms with Crippen molar-refractivity contribution in [3.8, 4) is 11.5 Å². The molecule has 1 atom stereocenters. The lowest BCUT2D eigenvalue weighted by molar-refractivity contribution is -0.121. The maximum absolute atomic E-state index is 12.6. The zero-order valence-corrected chi connectivity index (χ0v) is 17.2. The monoisotopic (exact) mass is 427 g/mol. The van der Waals surface area contributed by atoms with Crippen LogP contribution in [0.25, 0.3) is 0 Å². The Morgan fingerprint density at radius 1 is 1.20 bits per heavy atom. The Morgan fingerprint density at radius 3 is 2.80 bits per heavy atom. The predicted octanol–water partition coefficient (Wildman–Crippen LogP) is 3.57. The summed E-state index contributed by atoms with van der Waals surface area (Å²) in [5.41, 5.74) is 1.55. The van der Waals surface area contributed by atoms with Gasteiger partial charge in [-0.2, -0.15) is 0 Å². The minimum Gasteiger partial charge on any atom is -0.486 e. The van der Waals surface area contributed by atoms with Crippen molar-refractivity contribution in [2.24, 2.45) is 0 Å². The standard InChI is InChI=1S/C21H21N3O5S/c1-2-15(13-5-6-16-18(10-13)29-9-8-28-16)23-19(25)11-14-12-30-21(22-14)24-20(26)17-4-3-7-27-17/h3-7,10,12,15H,2,8-9,11H2,1H3,(H,23,25)(H,22,24,26). The normalized spacial score (nSPS) is 13.5. The van der Waals surface area contributed by atoms with E-state index < -0.39 is 0 Å². The summed E-state index contributed by atoms with van der Waals surface area (Å²) in [5.74, 6) is 1.09. The molecule has 3 heterocycles. The van der Waals surface area contributed by atoms with Crippen LogP contribution < -0.4 is 20.1 Å². The minimum atomic E-state index is -0.380. The fourth-order valence-electron chi connectivity index (χ4n) is 3.12. The van der Waals surface area contributed by atoms with Crippen LogP contribution in [-0.4, -0.2) is 30.0 Å². The van der Waals surface area contributed by atoms with Crippen LogP contribution in [0, 0.1) is 0 Å². The molecule has 9 heteroatoms. The number of aromatic nitrogens is 1. The van der Waals surface area contributed by atoms with Gasteiger partial charge >= 0.3 is 0 Å². The van der Waals surface area contributed by atoms with Crippen molar-refractivity contribution in [3.05, 3.63) is 59.0 Å². The third-order valence-corrected chi connectivity index (χ3v) is 5.38. The average Bonchev–Trinajstić information content (AvgIpc) is 3.44. The van der Waals surface area contributed by atoms with E-state index in [9.17, 15) is 9.59 Å². The molecule has 2 aromatic heterocycles. The maximum atomic E-state index is 12.6. The first kappa shape index (κ1) is 20.0. The van der Waals surface area contributed by atoms with E-state index in [-0.39, 0.29) is 30.0 Å². The Balaban J connectivity index is 1.35. The predicted molar refractivity (Wildman–Crippen MR) is 111 cm³/mol. The van der Waals surface area contributed by atoms with E-state index in [4.69, 9.17) is 13.9 Å². The molecule has 0 saturated heterocycles. The number of benzene rings is 1. The highest BCUT2D eigenvalue weighted by Gasteiger charge is 2.19. The Hall–Kier alpha value is -3.33. The largest absolute Gasteiger partial charge is 0.486 e. The molecular formula is C21H21N3O5S. The average molecular weight is 427 g/mol. The van der Waals surface area contributed by atoms with E-state index in [0.717, 1.165) is 17.7 Å². The van der Waals surface area contributed by atoms with Crippen molar-refractivity contribution in [2.75, 3.05) is 18.5 Å². The van der Waals surface area contributed by atoms with E-state index in [0.29, 0.717) is 29.8 Å². The number of ether oxygens (including phenoxy) is 2. The molecule has 0 saturated carbocycles. The van der Waals surface area contributed by atoms with E-state index in [2.05, 4.69) is 15.6 Å². The highest BCUT2D eigenvalue weighted by atomic mass is 32.1. The van der Waals surface area contributed by atoms with Crippen molar-refractivity contribution < 1.29 is 23.5 Å². The second kappa shape index (κ2) is 9.00. The first-order valence-electron chi connectivity index (χ1n) is 9.60. The zero-order chi connectivity index (χ0) is 20.9. The van der Waals surface area contributed by atoms with Crippen molar-refractivity contribution >= 4 is 28.3 Å². The van der Waals surface area contributed by atoms with Gasteiger partial charge in [0.25, 0.3) is 5.91 Å². The van der Waals surface area contributed by atoms with Crippen LogP contribution >= 0.6 is 11.3 Å². The summed E-state index contributed by atoms with van der Waals surface area (Å²) in [6.45, 7) is 3.06. The molecule has 2 amide bonds. The second-order valence-electron chi connectivity index (χ2n) is 6.68. The Labute approximate surface area is 177 Å². The van der Waals surface area contributed by atoms with Gasteiger partial charge in [-0.15, -0.1) is 11.3 Å². The number of nitrogens with zero attached hydrogens (tertiary/aromatic N) is 1. The van der Waals surface area contributed by atoms with E-state index >= 15 is 0 Å². The molecule has 0 fully saturated rings. The summed E-state index contributed by atoms with van der Waals surface area (Å²) in [7, 11) is 0. The van der Waals surface area contributed by atoms with Crippen LogP contribution in [0.5, 0.6) is 11.5 Å². The van der Waals surface area contributed by atoms with Crippen molar-refractivity contribution in [3.63, 3.8) is 0 Å². The van der Waals surface area contributed by atoms with Gasteiger partial charge in [-0.25, -0.2) is 4.98 Å². The number of furan rings is 1. The molecular weight excluding hydrogens is 406 g/mol. The minimum absolute atomic E-state index is 0.119. The van der Waals surface area contributed by atoms with Crippen LogP contribution in [-0.2, 0) is 11.2 Å². The third kappa shape index (κ3) is 4.62. The number of hydrogen-bond donors (Lipinski definition) is 2. The summed E-state index contributed by atoms with van der Waals surface area (Å²) in [4.78, 5) is 28.9. The Kier molecular flexibility index (Phi) is 5.99. The van der Waals surface area contributed by atoms with Gasteiger partial charge in [0.2, 0.25) is 5.91 Å². The molecule has 0 aliphatic carbocycles. The van der Waals surface area contributed by atoms with Gasteiger partial charge in [-0.3, -0.25) is 14.9 Å². The number of rotatable bonds is 7. The maximum Gasteiger partial charge on any atom is 0.293 e. The number of amides is 2. The first-order chi connectivity index (χ1) is 14.6. The lowest BCUT2D eigenvalue weighted by atomic mass is 10.0. The molecule has 0 bridgehead atoms. The number of carbonyl (C=O) groups is 2. The fraction of sp³-hybridized carbons (Fsp3) is 0.286. The van der Waals surface area contributed by atoms with Crippen LogP contribution in [0.1, 0.15) is 41.2 Å². The molecule has 1 unspecified atom stereocenters. The summed E-state index contributed by atoms with van der Waals surface area (Å²) in [6.07, 6.45) is 2.28. The van der Waals surface area contributed by atoms with Gasteiger partial charge < -0.3 is 19.2 Å². The molecule has 1 aliphatic rings. The lowest BCUT2D eigenvalue weighted by Gasteiger charge is -2.22. The highest BCUT2D eigenvalue weighted by Crippen LogP contribution is 2.33. The van der Waals surface area contributed by atoms with Crippen LogP contribution in [0.3, 0.4) is 0 Å². The summed E-state index contributed by atoms with van der Waals surface area (Å²) < 4.78 is 16.2. The molecule has 156 valence electrons. The van der Waals surface area contributed by atoms with Crippen LogP contribution in [0.15, 0.2) is 46.4 Å². The molecule has 0 spiro atoms. The van der Waals surface area contributed by atoms with E-state index in [1.165, 1.54) is 17.6 Å². The van der Waals surface area contributed by atoms with Gasteiger partial charge in [0.15, 0.2) is 22.4 Å². The van der Waals surface area contributed by atoms with Crippen molar-refractivity contribution in [1.82, 2.24) is 10.3 Å². The SMILES string of the molecule is CCC(NC(=O)Cc1csc(NC(=O)c2ccco2)n1)c1ccc2c(c1)OCCO2. The molecule has 0 radical (unpaired) electrons. The molecule has 4 rings (SSSR count). The van der Waals surface area contributed by atoms with Gasteiger partial charge in [0.05, 0.1) is 24.4 Å². The molecule has 3 aromatic rings. The number of nitrogens with one attached hydrogen (secondary N) is 2. The zero-order valence-electron chi connectivity index (χ0n) is 16.3. The topological polar surface area (TPSA) is 103 Å². The van der Waals surface area contributed by atoms with Gasteiger partial charge in [-0.05, 0) is 36.2 Å². The smallest absolute Gasteiger partial charge is 0.293 e. The Morgan fingerprint density at radius 2 is 2.03 bits per heavy atom. The number of anilines is 1. The number of carbonyl (C=O) groups excluding carboxylic acids is 2. The molecule has 2 N–H and O–H groups in total. The number of thiazole rings is 1. The Bertz CT molecular complexity index is 1030. The summed E-state index contributed by atoms with van der Waals surface area (Å²) in [6, 6.07) is 8.78. The van der Waals surface area contributed by atoms with Crippen LogP contribution in [0.2, 0.25) is 0 Å². The van der Waals surface area contributed by atoms with E-state index in [1.54, 1.807) is 17.5 Å². The second-order valence-corrected chi connectivity index (χ2v) is 7.54. The molecule has 1 aromatic carbocycles. The first-order valence-corrected chi connectivity index (χ1v) is 10.5. The number of hydrogen-bond acceptors (Lipinski definition) is 7. The molecule has 1 aliphatic heterocycles. The summed E-state index contributed by atoms with van der Waals surface area (Å²) in [5, 5.41) is 7.87. The lowest BCUT2D eigenvalue weighted by Crippen LogP contribution is -2.29. The van der Waals surface area contributed by atoms with Crippen molar-refractivity contribution in [2.45, 2.75) is 25.8 Å². The fourth-order valence-corrected chi connectivity index (χ4v) is 3.82. The van der Waals surface area contributed by atoms with E-state index in [1.807, 2.05) is 25.1 Å². The molecule has 30 heavy (non-hydrogen) atoms. The molecule has 8 nitrogen and oxygen atoms in total. The van der Waals surface area contributed by atoms with Crippen molar-refractivity contribution in [1.29, 1.82) is 0 Å². The number of fused-ring (bicyclic) bond motifs is 1. The summed E-state index contributed by atoms with van der Waals surface area (Å²) >= 11 is 1.26. The van der Waals surface area contributed by atoms with Gasteiger partial charge in [0.1, 0.15) is 13.2 Å². The third-order valence-electron chi connectivity index (χ3n) is 4.57. The quantitative estimate of drug-likeness (QED) is 0.598. The van der Waals surface area contributed by atoms with Gasteiger partial charge in [0, 0.05) is 5.38 Å². The van der Waals surface area contributed by atoms with Gasteiger partial charge in [-0.1, -0.05) is 13.0 Å².